The predicted molar refractivity (Wildman–Crippen MR) is 122 cm³/mol. The number of carboxylic acid groups (broad SMARTS) is 1. The summed E-state index contributed by atoms with van der Waals surface area (Å²) in [5.41, 5.74) is 3.51. The zero-order valence-electron chi connectivity index (χ0n) is 18.4. The van der Waals surface area contributed by atoms with Crippen molar-refractivity contribution in [2.24, 2.45) is 0 Å². The molecule has 0 unspecified atom stereocenters. The van der Waals surface area contributed by atoms with Gasteiger partial charge in [0.2, 0.25) is 5.89 Å². The largest absolute Gasteiger partial charge is 0.481 e. The smallest absolute Gasteiger partial charge is 0.320 e. The van der Waals surface area contributed by atoms with E-state index in [0.29, 0.717) is 30.7 Å². The lowest BCUT2D eigenvalue weighted by Gasteiger charge is -2.24. The number of fused-ring (bicyclic) bond motifs is 2. The Morgan fingerprint density at radius 2 is 2.06 bits per heavy atom. The van der Waals surface area contributed by atoms with Gasteiger partial charge in [-0.25, -0.2) is 14.8 Å². The zero-order valence-corrected chi connectivity index (χ0v) is 18.4. The number of hydrogen-bond acceptors (Lipinski definition) is 6. The number of anilines is 1. The lowest BCUT2D eigenvalue weighted by Crippen LogP contribution is -2.36. The van der Waals surface area contributed by atoms with Crippen molar-refractivity contribution >= 4 is 28.9 Å². The number of benzene rings is 1. The van der Waals surface area contributed by atoms with Crippen LogP contribution in [0.3, 0.4) is 0 Å². The second-order valence-electron chi connectivity index (χ2n) is 8.54. The van der Waals surface area contributed by atoms with E-state index in [-0.39, 0.29) is 18.3 Å². The lowest BCUT2D eigenvalue weighted by atomic mass is 10.1. The van der Waals surface area contributed by atoms with Crippen molar-refractivity contribution in [2.75, 3.05) is 31.5 Å². The van der Waals surface area contributed by atoms with Crippen molar-refractivity contribution in [3.8, 4) is 0 Å². The number of aromatic nitrogens is 2. The SMILES string of the molecule is O=C(O)C[C@@H](c1nc2ccccc2o1)N1CCN(CCCc2ccc3c(n2)NCCC3)C1=O. The second kappa shape index (κ2) is 9.09. The van der Waals surface area contributed by atoms with Gasteiger partial charge < -0.3 is 24.6 Å². The number of nitrogens with one attached hydrogen (secondary N) is 1. The van der Waals surface area contributed by atoms with Crippen LogP contribution in [-0.2, 0) is 17.6 Å². The molecule has 9 heteroatoms. The molecule has 2 amide bonds. The molecule has 1 atom stereocenters. The highest BCUT2D eigenvalue weighted by Gasteiger charge is 2.37. The van der Waals surface area contributed by atoms with Crippen molar-refractivity contribution < 1.29 is 19.1 Å². The molecule has 0 saturated carbocycles. The highest BCUT2D eigenvalue weighted by atomic mass is 16.4. The molecule has 1 saturated heterocycles. The van der Waals surface area contributed by atoms with Crippen LogP contribution in [0, 0.1) is 0 Å². The molecular formula is C24H27N5O4. The van der Waals surface area contributed by atoms with E-state index < -0.39 is 12.0 Å². The van der Waals surface area contributed by atoms with Gasteiger partial charge in [-0.2, -0.15) is 0 Å². The number of carbonyl (C=O) groups is 2. The quantitative estimate of drug-likeness (QED) is 0.542. The molecule has 2 N–H and O–H groups in total. The molecule has 33 heavy (non-hydrogen) atoms. The Labute approximate surface area is 191 Å². The summed E-state index contributed by atoms with van der Waals surface area (Å²) in [5, 5.41) is 12.8. The summed E-state index contributed by atoms with van der Waals surface area (Å²) in [4.78, 5) is 37.2. The third-order valence-electron chi connectivity index (χ3n) is 6.28. The number of urea groups is 1. The van der Waals surface area contributed by atoms with E-state index in [4.69, 9.17) is 9.40 Å². The minimum atomic E-state index is -0.999. The van der Waals surface area contributed by atoms with Crippen LogP contribution in [0.2, 0.25) is 0 Å². The minimum absolute atomic E-state index is 0.177. The molecule has 2 aromatic heterocycles. The topological polar surface area (TPSA) is 112 Å². The van der Waals surface area contributed by atoms with E-state index in [1.165, 1.54) is 5.56 Å². The Morgan fingerprint density at radius 1 is 1.18 bits per heavy atom. The molecule has 3 aromatic rings. The Balaban J connectivity index is 1.23. The number of para-hydroxylation sites is 2. The van der Waals surface area contributed by atoms with Gasteiger partial charge in [0, 0.05) is 31.9 Å². The molecule has 0 bridgehead atoms. The Bertz CT molecular complexity index is 1140. The number of carboxylic acids is 1. The normalized spacial score (nSPS) is 16.7. The Morgan fingerprint density at radius 3 is 2.91 bits per heavy atom. The van der Waals surface area contributed by atoms with Crippen LogP contribution in [0.1, 0.15) is 42.5 Å². The standard InChI is InChI=1S/C24H27N5O4/c30-21(31)15-19(23-27-18-7-1-2-8-20(18)33-23)29-14-13-28(24(29)32)12-4-6-17-10-9-16-5-3-11-25-22(16)26-17/h1-2,7-10,19H,3-6,11-15H2,(H,25,26)(H,30,31)/t19-/m0/s1. The molecule has 0 aliphatic carbocycles. The number of hydrogen-bond donors (Lipinski definition) is 2. The fourth-order valence-corrected chi connectivity index (χ4v) is 4.59. The summed E-state index contributed by atoms with van der Waals surface area (Å²) in [7, 11) is 0. The molecule has 1 fully saturated rings. The van der Waals surface area contributed by atoms with Gasteiger partial charge in [0.05, 0.1) is 6.42 Å². The first kappa shape index (κ1) is 21.2. The first-order valence-electron chi connectivity index (χ1n) is 11.4. The molecule has 0 spiro atoms. The molecule has 5 rings (SSSR count). The van der Waals surface area contributed by atoms with Gasteiger partial charge in [0.15, 0.2) is 5.58 Å². The van der Waals surface area contributed by atoms with Crippen LogP contribution in [0.25, 0.3) is 11.1 Å². The summed E-state index contributed by atoms with van der Waals surface area (Å²) in [5.74, 6) is 0.247. The number of oxazole rings is 1. The van der Waals surface area contributed by atoms with Gasteiger partial charge in [-0.3, -0.25) is 4.79 Å². The molecule has 1 aromatic carbocycles. The maximum atomic E-state index is 13.1. The number of amides is 2. The van der Waals surface area contributed by atoms with Gasteiger partial charge in [0.25, 0.3) is 0 Å². The number of rotatable bonds is 8. The summed E-state index contributed by atoms with van der Waals surface area (Å²) < 4.78 is 5.81. The minimum Gasteiger partial charge on any atom is -0.481 e. The van der Waals surface area contributed by atoms with Crippen LogP contribution < -0.4 is 5.32 Å². The molecule has 4 heterocycles. The van der Waals surface area contributed by atoms with Crippen molar-refractivity contribution in [1.82, 2.24) is 19.8 Å². The van der Waals surface area contributed by atoms with Crippen molar-refractivity contribution in [3.05, 3.63) is 53.5 Å². The van der Waals surface area contributed by atoms with E-state index in [2.05, 4.69) is 22.4 Å². The summed E-state index contributed by atoms with van der Waals surface area (Å²) >= 11 is 0. The molecule has 0 radical (unpaired) electrons. The zero-order chi connectivity index (χ0) is 22.8. The van der Waals surface area contributed by atoms with Crippen LogP contribution in [0.5, 0.6) is 0 Å². The number of aryl methyl sites for hydroxylation is 2. The van der Waals surface area contributed by atoms with E-state index >= 15 is 0 Å². The van der Waals surface area contributed by atoms with Gasteiger partial charge in [0.1, 0.15) is 17.4 Å². The number of aliphatic carboxylic acids is 1. The average Bonchev–Trinajstić information content (AvgIpc) is 3.41. The fourth-order valence-electron chi connectivity index (χ4n) is 4.59. The van der Waals surface area contributed by atoms with Crippen LogP contribution in [-0.4, -0.2) is 63.1 Å². The molecule has 2 aliphatic rings. The van der Waals surface area contributed by atoms with Crippen LogP contribution in [0.15, 0.2) is 40.8 Å². The molecule has 2 aliphatic heterocycles. The third kappa shape index (κ3) is 4.48. The summed E-state index contributed by atoms with van der Waals surface area (Å²) in [6.45, 7) is 2.54. The molecular weight excluding hydrogens is 422 g/mol. The van der Waals surface area contributed by atoms with Crippen molar-refractivity contribution in [3.63, 3.8) is 0 Å². The van der Waals surface area contributed by atoms with Crippen LogP contribution in [0.4, 0.5) is 10.6 Å². The maximum Gasteiger partial charge on any atom is 0.320 e. The maximum absolute atomic E-state index is 13.1. The first-order chi connectivity index (χ1) is 16.1. The van der Waals surface area contributed by atoms with Gasteiger partial charge in [-0.15, -0.1) is 0 Å². The second-order valence-corrected chi connectivity index (χ2v) is 8.54. The van der Waals surface area contributed by atoms with Gasteiger partial charge in [-0.05, 0) is 49.4 Å². The van der Waals surface area contributed by atoms with E-state index in [1.807, 2.05) is 18.2 Å². The van der Waals surface area contributed by atoms with Crippen LogP contribution >= 0.6 is 0 Å². The Hall–Kier alpha value is -3.62. The van der Waals surface area contributed by atoms with Crippen molar-refractivity contribution in [1.29, 1.82) is 0 Å². The molecule has 9 nitrogen and oxygen atoms in total. The first-order valence-corrected chi connectivity index (χ1v) is 11.4. The number of carbonyl (C=O) groups excluding carboxylic acids is 1. The summed E-state index contributed by atoms with van der Waals surface area (Å²) in [6, 6.07) is 10.6. The van der Waals surface area contributed by atoms with E-state index in [9.17, 15) is 14.7 Å². The average molecular weight is 450 g/mol. The lowest BCUT2D eigenvalue weighted by molar-refractivity contribution is -0.138. The third-order valence-corrected chi connectivity index (χ3v) is 6.28. The van der Waals surface area contributed by atoms with Gasteiger partial charge >= 0.3 is 12.0 Å². The van der Waals surface area contributed by atoms with E-state index in [1.54, 1.807) is 15.9 Å². The van der Waals surface area contributed by atoms with Gasteiger partial charge in [-0.1, -0.05) is 18.2 Å². The van der Waals surface area contributed by atoms with Crippen molar-refractivity contribution in [2.45, 2.75) is 38.1 Å². The predicted octanol–water partition coefficient (Wildman–Crippen LogP) is 3.47. The monoisotopic (exact) mass is 449 g/mol. The fraction of sp³-hybridized carbons (Fsp3) is 0.417. The highest BCUT2D eigenvalue weighted by molar-refractivity contribution is 5.78. The molecule has 172 valence electrons. The van der Waals surface area contributed by atoms with E-state index in [0.717, 1.165) is 43.7 Å². The number of nitrogens with zero attached hydrogens (tertiary/aromatic N) is 4. The highest BCUT2D eigenvalue weighted by Crippen LogP contribution is 2.30. The number of pyridine rings is 1. The Kier molecular flexibility index (Phi) is 5.85. The summed E-state index contributed by atoms with van der Waals surface area (Å²) in [6.07, 6.45) is 3.51.